The van der Waals surface area contributed by atoms with E-state index in [2.05, 4.69) is 9.97 Å². The Kier molecular flexibility index (Phi) is 6.34. The van der Waals surface area contributed by atoms with E-state index in [1.165, 1.54) is 11.8 Å². The molecule has 174 valence electrons. The van der Waals surface area contributed by atoms with E-state index < -0.39 is 0 Å². The van der Waals surface area contributed by atoms with Gasteiger partial charge in [0.15, 0.2) is 11.5 Å². The summed E-state index contributed by atoms with van der Waals surface area (Å²) in [5.74, 6) is 3.12. The molecule has 2 aromatic heterocycles. The Labute approximate surface area is 200 Å². The number of carbonyl (C=O) groups excluding carboxylic acids is 1. The van der Waals surface area contributed by atoms with Gasteiger partial charge in [0.2, 0.25) is 5.91 Å². The van der Waals surface area contributed by atoms with E-state index in [0.29, 0.717) is 35.9 Å². The second kappa shape index (κ2) is 9.38. The molecule has 0 aliphatic carbocycles. The second-order valence-corrected chi connectivity index (χ2v) is 10.7. The molecule has 5 rings (SSSR count). The SMILES string of the molecule is Cc1sc2nc(CSCC(=O)N3CCCC3c3ccc4c(c3)OCCCO4)[nH]c(=O)c2c1C. The number of thiophene rings is 1. The highest BCUT2D eigenvalue weighted by Gasteiger charge is 2.30. The molecule has 1 unspecified atom stereocenters. The van der Waals surface area contributed by atoms with Crippen LogP contribution in [-0.2, 0) is 10.5 Å². The van der Waals surface area contributed by atoms with Gasteiger partial charge in [0.1, 0.15) is 10.7 Å². The highest BCUT2D eigenvalue weighted by molar-refractivity contribution is 7.99. The van der Waals surface area contributed by atoms with Crippen molar-refractivity contribution >= 4 is 39.2 Å². The normalized spacial score (nSPS) is 18.0. The fourth-order valence-electron chi connectivity index (χ4n) is 4.48. The van der Waals surface area contributed by atoms with Gasteiger partial charge in [-0.2, -0.15) is 0 Å². The highest BCUT2D eigenvalue weighted by atomic mass is 32.2. The summed E-state index contributed by atoms with van der Waals surface area (Å²) < 4.78 is 11.6. The number of likely N-dealkylation sites (tertiary alicyclic amines) is 1. The van der Waals surface area contributed by atoms with E-state index >= 15 is 0 Å². The van der Waals surface area contributed by atoms with Crippen molar-refractivity contribution in [3.63, 3.8) is 0 Å². The summed E-state index contributed by atoms with van der Waals surface area (Å²) in [7, 11) is 0. The number of carbonyl (C=O) groups is 1. The first kappa shape index (κ1) is 22.3. The molecule has 4 heterocycles. The van der Waals surface area contributed by atoms with Crippen LogP contribution in [0.3, 0.4) is 0 Å². The average Bonchev–Trinajstić information content (AvgIpc) is 3.31. The number of amides is 1. The third-order valence-electron chi connectivity index (χ3n) is 6.28. The third-order valence-corrected chi connectivity index (χ3v) is 8.31. The maximum Gasteiger partial charge on any atom is 0.259 e. The molecule has 1 amide bonds. The number of aryl methyl sites for hydroxylation is 2. The van der Waals surface area contributed by atoms with E-state index in [1.54, 1.807) is 11.3 Å². The number of nitrogens with zero attached hydrogens (tertiary/aromatic N) is 2. The van der Waals surface area contributed by atoms with Crippen LogP contribution in [0.2, 0.25) is 0 Å². The van der Waals surface area contributed by atoms with Crippen molar-refractivity contribution in [2.45, 2.75) is 44.9 Å². The van der Waals surface area contributed by atoms with E-state index in [-0.39, 0.29) is 17.5 Å². The first-order chi connectivity index (χ1) is 16.0. The van der Waals surface area contributed by atoms with Gasteiger partial charge in [-0.3, -0.25) is 9.59 Å². The molecule has 33 heavy (non-hydrogen) atoms. The Morgan fingerprint density at radius 1 is 1.24 bits per heavy atom. The minimum absolute atomic E-state index is 0.0570. The Balaban J connectivity index is 1.24. The van der Waals surface area contributed by atoms with Crippen LogP contribution in [0.5, 0.6) is 11.5 Å². The molecule has 9 heteroatoms. The van der Waals surface area contributed by atoms with Gasteiger partial charge in [0, 0.05) is 17.8 Å². The van der Waals surface area contributed by atoms with Crippen LogP contribution in [0, 0.1) is 13.8 Å². The number of hydrogen-bond acceptors (Lipinski definition) is 7. The zero-order valence-electron chi connectivity index (χ0n) is 18.8. The summed E-state index contributed by atoms with van der Waals surface area (Å²) in [6, 6.07) is 6.09. The van der Waals surface area contributed by atoms with Gasteiger partial charge in [0.25, 0.3) is 5.56 Å². The minimum atomic E-state index is -0.0993. The zero-order valence-corrected chi connectivity index (χ0v) is 20.4. The molecule has 1 N–H and O–H groups in total. The lowest BCUT2D eigenvalue weighted by Crippen LogP contribution is -2.32. The van der Waals surface area contributed by atoms with Gasteiger partial charge in [0.05, 0.1) is 36.1 Å². The maximum atomic E-state index is 13.0. The van der Waals surface area contributed by atoms with Crippen LogP contribution in [-0.4, -0.2) is 46.3 Å². The number of aromatic nitrogens is 2. The molecule has 1 atom stereocenters. The summed E-state index contributed by atoms with van der Waals surface area (Å²) in [6.45, 7) is 6.02. The van der Waals surface area contributed by atoms with Crippen molar-refractivity contribution < 1.29 is 14.3 Å². The number of benzene rings is 1. The van der Waals surface area contributed by atoms with Crippen LogP contribution in [0.4, 0.5) is 0 Å². The van der Waals surface area contributed by atoms with E-state index in [9.17, 15) is 9.59 Å². The third kappa shape index (κ3) is 4.48. The predicted molar refractivity (Wildman–Crippen MR) is 132 cm³/mol. The highest BCUT2D eigenvalue weighted by Crippen LogP contribution is 2.38. The summed E-state index contributed by atoms with van der Waals surface area (Å²) in [5.41, 5.74) is 1.99. The molecule has 1 saturated heterocycles. The van der Waals surface area contributed by atoms with Gasteiger partial charge in [-0.1, -0.05) is 6.07 Å². The smallest absolute Gasteiger partial charge is 0.259 e. The molecule has 0 radical (unpaired) electrons. The van der Waals surface area contributed by atoms with Crippen LogP contribution in [0.15, 0.2) is 23.0 Å². The summed E-state index contributed by atoms with van der Waals surface area (Å²) in [4.78, 5) is 36.9. The number of H-pyrrole nitrogens is 1. The van der Waals surface area contributed by atoms with Gasteiger partial charge in [-0.25, -0.2) is 4.98 Å². The van der Waals surface area contributed by atoms with Crippen molar-refractivity contribution in [3.8, 4) is 11.5 Å². The summed E-state index contributed by atoms with van der Waals surface area (Å²) in [5, 5.41) is 0.678. The lowest BCUT2D eigenvalue weighted by Gasteiger charge is -2.25. The van der Waals surface area contributed by atoms with Crippen molar-refractivity contribution in [1.82, 2.24) is 14.9 Å². The Morgan fingerprint density at radius 3 is 2.91 bits per heavy atom. The molecule has 1 fully saturated rings. The number of ether oxygens (including phenoxy) is 2. The van der Waals surface area contributed by atoms with Crippen LogP contribution >= 0.6 is 23.1 Å². The number of thioether (sulfide) groups is 1. The fourth-order valence-corrected chi connectivity index (χ4v) is 6.31. The summed E-state index contributed by atoms with van der Waals surface area (Å²) >= 11 is 3.03. The molecule has 2 aliphatic rings. The molecule has 0 saturated carbocycles. The number of aromatic amines is 1. The maximum absolute atomic E-state index is 13.0. The van der Waals surface area contributed by atoms with E-state index in [0.717, 1.165) is 58.1 Å². The molecule has 0 bridgehead atoms. The molecule has 3 aromatic rings. The number of fused-ring (bicyclic) bond motifs is 2. The Hall–Kier alpha value is -2.52. The van der Waals surface area contributed by atoms with Crippen LogP contribution in [0.25, 0.3) is 10.2 Å². The Morgan fingerprint density at radius 2 is 2.06 bits per heavy atom. The van der Waals surface area contributed by atoms with E-state index in [4.69, 9.17) is 9.47 Å². The monoisotopic (exact) mass is 485 g/mol. The van der Waals surface area contributed by atoms with Crippen LogP contribution < -0.4 is 15.0 Å². The van der Waals surface area contributed by atoms with Gasteiger partial charge in [-0.05, 0) is 49.9 Å². The van der Waals surface area contributed by atoms with Gasteiger partial charge in [-0.15, -0.1) is 23.1 Å². The van der Waals surface area contributed by atoms with Crippen molar-refractivity contribution in [2.75, 3.05) is 25.5 Å². The van der Waals surface area contributed by atoms with Crippen molar-refractivity contribution in [3.05, 3.63) is 50.4 Å². The Bertz CT molecular complexity index is 1250. The molecule has 2 aliphatic heterocycles. The minimum Gasteiger partial charge on any atom is -0.490 e. The summed E-state index contributed by atoms with van der Waals surface area (Å²) in [6.07, 6.45) is 2.80. The predicted octanol–water partition coefficient (Wildman–Crippen LogP) is 4.36. The zero-order chi connectivity index (χ0) is 22.9. The van der Waals surface area contributed by atoms with Crippen molar-refractivity contribution in [2.24, 2.45) is 0 Å². The van der Waals surface area contributed by atoms with Crippen LogP contribution in [0.1, 0.15) is 47.1 Å². The molecule has 0 spiro atoms. The second-order valence-electron chi connectivity index (χ2n) is 8.47. The van der Waals surface area contributed by atoms with Gasteiger partial charge < -0.3 is 19.4 Å². The number of nitrogens with one attached hydrogen (secondary N) is 1. The van der Waals surface area contributed by atoms with Crippen molar-refractivity contribution in [1.29, 1.82) is 0 Å². The first-order valence-corrected chi connectivity index (χ1v) is 13.2. The molecule has 7 nitrogen and oxygen atoms in total. The number of hydrogen-bond donors (Lipinski definition) is 1. The first-order valence-electron chi connectivity index (χ1n) is 11.3. The average molecular weight is 486 g/mol. The molecular formula is C24H27N3O4S2. The topological polar surface area (TPSA) is 84.5 Å². The molecular weight excluding hydrogens is 458 g/mol. The largest absolute Gasteiger partial charge is 0.490 e. The fraction of sp³-hybridized carbons (Fsp3) is 0.458. The number of rotatable bonds is 5. The van der Waals surface area contributed by atoms with E-state index in [1.807, 2.05) is 36.9 Å². The lowest BCUT2D eigenvalue weighted by atomic mass is 10.0. The quantitative estimate of drug-likeness (QED) is 0.578. The standard InChI is InChI=1S/C24H27N3O4S2/c1-14-15(2)33-24-22(14)23(29)25-20(26-24)12-32-13-21(28)27-8-3-5-17(27)16-6-7-18-19(11-16)31-10-4-9-30-18/h6-7,11,17H,3-5,8-10,12-13H2,1-2H3,(H,25,26,29). The van der Waals surface area contributed by atoms with Gasteiger partial charge >= 0.3 is 0 Å². The molecule has 1 aromatic carbocycles. The lowest BCUT2D eigenvalue weighted by molar-refractivity contribution is -0.129.